The van der Waals surface area contributed by atoms with Crippen LogP contribution in [0.4, 0.5) is 0 Å². The summed E-state index contributed by atoms with van der Waals surface area (Å²) in [7, 11) is 0. The summed E-state index contributed by atoms with van der Waals surface area (Å²) in [5.41, 5.74) is 2.49. The number of hydrogen-bond acceptors (Lipinski definition) is 2. The van der Waals surface area contributed by atoms with E-state index in [1.165, 1.54) is 48.7 Å². The predicted molar refractivity (Wildman–Crippen MR) is 92.7 cm³/mol. The van der Waals surface area contributed by atoms with Crippen LogP contribution in [-0.2, 0) is 13.0 Å². The molecule has 0 aromatic carbocycles. The van der Waals surface area contributed by atoms with Gasteiger partial charge in [-0.25, -0.2) is 0 Å². The number of rotatable bonds is 8. The normalized spacial score (nSPS) is 17.5. The summed E-state index contributed by atoms with van der Waals surface area (Å²) in [5, 5.41) is 8.42. The van der Waals surface area contributed by atoms with Crippen molar-refractivity contribution in [2.24, 2.45) is 5.92 Å². The van der Waals surface area contributed by atoms with Gasteiger partial charge in [-0.2, -0.15) is 5.10 Å². The molecule has 1 N–H and O–H groups in total. The van der Waals surface area contributed by atoms with Crippen molar-refractivity contribution < 1.29 is 0 Å². The Morgan fingerprint density at radius 1 is 1.33 bits per heavy atom. The second kappa shape index (κ2) is 8.33. The van der Waals surface area contributed by atoms with E-state index in [9.17, 15) is 0 Å². The zero-order valence-corrected chi connectivity index (χ0v) is 15.4. The van der Waals surface area contributed by atoms with Crippen molar-refractivity contribution in [2.45, 2.75) is 78.3 Å². The fraction of sp³-hybridized carbons (Fsp3) is 0.824. The second-order valence-electron chi connectivity index (χ2n) is 6.31. The molecule has 3 nitrogen and oxygen atoms in total. The molecule has 2 rings (SSSR count). The van der Waals surface area contributed by atoms with Crippen LogP contribution >= 0.6 is 15.9 Å². The highest BCUT2D eigenvalue weighted by atomic mass is 79.9. The van der Waals surface area contributed by atoms with Crippen molar-refractivity contribution in [3.05, 3.63) is 15.9 Å². The maximum absolute atomic E-state index is 4.62. The van der Waals surface area contributed by atoms with E-state index in [0.717, 1.165) is 31.1 Å². The lowest BCUT2D eigenvalue weighted by Gasteiger charge is -2.25. The average Bonchev–Trinajstić information content (AvgIpc) is 3.10. The molecule has 120 valence electrons. The number of nitrogens with one attached hydrogen (secondary N) is 1. The quantitative estimate of drug-likeness (QED) is 0.745. The first-order valence-electron chi connectivity index (χ1n) is 8.62. The Kier molecular flexibility index (Phi) is 6.74. The van der Waals surface area contributed by atoms with Gasteiger partial charge in [0.15, 0.2) is 0 Å². The second-order valence-corrected chi connectivity index (χ2v) is 7.10. The molecule has 1 aromatic heterocycles. The molecule has 1 aliphatic rings. The van der Waals surface area contributed by atoms with Crippen molar-refractivity contribution in [3.63, 3.8) is 0 Å². The maximum Gasteiger partial charge on any atom is 0.0738 e. The summed E-state index contributed by atoms with van der Waals surface area (Å²) in [6.07, 6.45) is 9.24. The first-order chi connectivity index (χ1) is 10.2. The summed E-state index contributed by atoms with van der Waals surface area (Å²) in [6.45, 7) is 8.62. The summed E-state index contributed by atoms with van der Waals surface area (Å²) < 4.78 is 3.37. The molecule has 1 atom stereocenters. The molecule has 1 aliphatic carbocycles. The summed E-state index contributed by atoms with van der Waals surface area (Å²) >= 11 is 3.72. The van der Waals surface area contributed by atoms with E-state index >= 15 is 0 Å². The molecule has 0 aliphatic heterocycles. The van der Waals surface area contributed by atoms with Crippen LogP contribution < -0.4 is 5.32 Å². The molecule has 0 amide bonds. The van der Waals surface area contributed by atoms with Gasteiger partial charge in [-0.15, -0.1) is 0 Å². The van der Waals surface area contributed by atoms with E-state index in [0.29, 0.717) is 6.04 Å². The zero-order valence-electron chi connectivity index (χ0n) is 13.8. The number of halogens is 1. The third-order valence-electron chi connectivity index (χ3n) is 4.77. The highest BCUT2D eigenvalue weighted by Crippen LogP contribution is 2.30. The Morgan fingerprint density at radius 2 is 2.05 bits per heavy atom. The number of aromatic nitrogens is 2. The lowest BCUT2D eigenvalue weighted by Crippen LogP contribution is -2.36. The van der Waals surface area contributed by atoms with Crippen molar-refractivity contribution in [1.29, 1.82) is 0 Å². The summed E-state index contributed by atoms with van der Waals surface area (Å²) in [6, 6.07) is 0.680. The molecular formula is C17H30BrN3. The lowest BCUT2D eigenvalue weighted by molar-refractivity contribution is 0.338. The molecule has 0 saturated heterocycles. The number of hydrogen-bond donors (Lipinski definition) is 1. The van der Waals surface area contributed by atoms with Crippen molar-refractivity contribution in [1.82, 2.24) is 15.1 Å². The minimum Gasteiger partial charge on any atom is -0.314 e. The molecule has 0 spiro atoms. The first-order valence-corrected chi connectivity index (χ1v) is 9.41. The Labute approximate surface area is 138 Å². The van der Waals surface area contributed by atoms with Gasteiger partial charge in [0, 0.05) is 12.6 Å². The van der Waals surface area contributed by atoms with Crippen LogP contribution in [0.25, 0.3) is 0 Å². The fourth-order valence-electron chi connectivity index (χ4n) is 3.59. The van der Waals surface area contributed by atoms with Crippen LogP contribution in [0.2, 0.25) is 0 Å². The van der Waals surface area contributed by atoms with Gasteiger partial charge in [0.1, 0.15) is 0 Å². The Balaban J connectivity index is 2.00. The molecule has 0 radical (unpaired) electrons. The minimum atomic E-state index is 0.680. The molecule has 1 unspecified atom stereocenters. The molecule has 1 heterocycles. The van der Waals surface area contributed by atoms with Crippen LogP contribution in [0, 0.1) is 12.8 Å². The third kappa shape index (κ3) is 4.32. The third-order valence-corrected chi connectivity index (χ3v) is 5.80. The minimum absolute atomic E-state index is 0.680. The van der Waals surface area contributed by atoms with E-state index in [1.54, 1.807) is 0 Å². The number of nitrogens with zero attached hydrogens (tertiary/aromatic N) is 2. The van der Waals surface area contributed by atoms with Crippen LogP contribution in [-0.4, -0.2) is 22.4 Å². The molecule has 1 aromatic rings. The zero-order chi connectivity index (χ0) is 15.2. The van der Waals surface area contributed by atoms with Gasteiger partial charge in [0.2, 0.25) is 0 Å². The van der Waals surface area contributed by atoms with Gasteiger partial charge in [-0.3, -0.25) is 4.68 Å². The number of aryl methyl sites for hydroxylation is 2. The van der Waals surface area contributed by atoms with Crippen LogP contribution in [0.1, 0.15) is 63.8 Å². The Bertz CT molecular complexity index is 435. The van der Waals surface area contributed by atoms with Crippen LogP contribution in [0.15, 0.2) is 4.47 Å². The van der Waals surface area contributed by atoms with E-state index < -0.39 is 0 Å². The van der Waals surface area contributed by atoms with Crippen molar-refractivity contribution >= 4 is 15.9 Å². The molecule has 1 saturated carbocycles. The maximum atomic E-state index is 4.62. The largest absolute Gasteiger partial charge is 0.314 e. The SMILES string of the molecule is CCCNC(CCc1c(Br)c(C)nn1CC)C1CCCC1. The van der Waals surface area contributed by atoms with Gasteiger partial charge in [-0.05, 0) is 74.3 Å². The smallest absolute Gasteiger partial charge is 0.0738 e. The van der Waals surface area contributed by atoms with E-state index in [-0.39, 0.29) is 0 Å². The molecule has 1 fully saturated rings. The lowest BCUT2D eigenvalue weighted by atomic mass is 9.93. The van der Waals surface area contributed by atoms with Gasteiger partial charge < -0.3 is 5.32 Å². The Hall–Kier alpha value is -0.350. The van der Waals surface area contributed by atoms with Crippen molar-refractivity contribution in [3.8, 4) is 0 Å². The summed E-state index contributed by atoms with van der Waals surface area (Å²) in [5.74, 6) is 0.884. The fourth-order valence-corrected chi connectivity index (χ4v) is 4.08. The molecule has 21 heavy (non-hydrogen) atoms. The first kappa shape index (κ1) is 17.0. The van der Waals surface area contributed by atoms with E-state index in [1.807, 2.05) is 0 Å². The molecule has 0 bridgehead atoms. The van der Waals surface area contributed by atoms with Crippen molar-refractivity contribution in [2.75, 3.05) is 6.54 Å². The average molecular weight is 356 g/mol. The molecular weight excluding hydrogens is 326 g/mol. The highest BCUT2D eigenvalue weighted by molar-refractivity contribution is 9.10. The van der Waals surface area contributed by atoms with Gasteiger partial charge in [0.05, 0.1) is 15.9 Å². The van der Waals surface area contributed by atoms with Gasteiger partial charge in [-0.1, -0.05) is 19.8 Å². The standard InChI is InChI=1S/C17H30BrN3/c1-4-12-19-15(14-8-6-7-9-14)10-11-16-17(18)13(3)20-21(16)5-2/h14-15,19H,4-12H2,1-3H3. The van der Waals surface area contributed by atoms with Crippen LogP contribution in [0.5, 0.6) is 0 Å². The summed E-state index contributed by atoms with van der Waals surface area (Å²) in [4.78, 5) is 0. The van der Waals surface area contributed by atoms with E-state index in [4.69, 9.17) is 0 Å². The van der Waals surface area contributed by atoms with Crippen LogP contribution in [0.3, 0.4) is 0 Å². The van der Waals surface area contributed by atoms with Gasteiger partial charge >= 0.3 is 0 Å². The monoisotopic (exact) mass is 355 g/mol. The highest BCUT2D eigenvalue weighted by Gasteiger charge is 2.25. The Morgan fingerprint density at radius 3 is 2.67 bits per heavy atom. The van der Waals surface area contributed by atoms with Gasteiger partial charge in [0.25, 0.3) is 0 Å². The predicted octanol–water partition coefficient (Wildman–Crippen LogP) is 4.46. The molecule has 4 heteroatoms. The van der Waals surface area contributed by atoms with E-state index in [2.05, 4.69) is 51.8 Å². The topological polar surface area (TPSA) is 29.9 Å².